The number of hydrogen-bond donors (Lipinski definition) is 0. The van der Waals surface area contributed by atoms with Crippen LogP contribution in [0.25, 0.3) is 0 Å². The van der Waals surface area contributed by atoms with Gasteiger partial charge in [-0.05, 0) is 31.0 Å². The molecule has 0 aromatic heterocycles. The van der Waals surface area contributed by atoms with Gasteiger partial charge in [-0.25, -0.2) is 0 Å². The lowest BCUT2D eigenvalue weighted by Gasteiger charge is -2.46. The van der Waals surface area contributed by atoms with Crippen LogP contribution >= 0.6 is 0 Å². The van der Waals surface area contributed by atoms with Crippen molar-refractivity contribution in [3.05, 3.63) is 0 Å². The second-order valence-corrected chi connectivity index (χ2v) is 5.30. The van der Waals surface area contributed by atoms with E-state index in [1.807, 2.05) is 0 Å². The zero-order valence-corrected chi connectivity index (χ0v) is 12.2. The van der Waals surface area contributed by atoms with Crippen molar-refractivity contribution in [3.8, 4) is 0 Å². The SMILES string of the molecule is CCC(C)N1[B]N(C(C)C)[B]N(C(C)CC)[B]1. The van der Waals surface area contributed by atoms with Gasteiger partial charge in [-0.2, -0.15) is 0 Å². The lowest BCUT2D eigenvalue weighted by atomic mass is 9.70. The Bertz CT molecular complexity index is 210. The van der Waals surface area contributed by atoms with Crippen LogP contribution in [-0.4, -0.2) is 54.9 Å². The van der Waals surface area contributed by atoms with Crippen molar-refractivity contribution in [2.45, 2.75) is 72.5 Å². The highest BCUT2D eigenvalue weighted by molar-refractivity contribution is 6.65. The van der Waals surface area contributed by atoms with Crippen molar-refractivity contribution in [1.82, 2.24) is 14.2 Å². The molecule has 17 heavy (non-hydrogen) atoms. The van der Waals surface area contributed by atoms with Gasteiger partial charge in [0.2, 0.25) is 0 Å². The van der Waals surface area contributed by atoms with Crippen LogP contribution in [0.1, 0.15) is 54.4 Å². The van der Waals surface area contributed by atoms with Gasteiger partial charge in [0.15, 0.2) is 0 Å². The fourth-order valence-electron chi connectivity index (χ4n) is 1.69. The Morgan fingerprint density at radius 2 is 1.06 bits per heavy atom. The molecule has 0 amide bonds. The smallest absolute Gasteiger partial charge is 0.290 e. The average molecular weight is 232 g/mol. The van der Waals surface area contributed by atoms with Crippen molar-refractivity contribution in [2.24, 2.45) is 0 Å². The molecule has 1 fully saturated rings. The predicted octanol–water partition coefficient (Wildman–Crippen LogP) is 1.51. The molecule has 0 bridgehead atoms. The molecule has 6 heteroatoms. The summed E-state index contributed by atoms with van der Waals surface area (Å²) in [5, 5.41) is 0. The third kappa shape index (κ3) is 4.04. The lowest BCUT2D eigenvalue weighted by Crippen LogP contribution is -2.66. The Kier molecular flexibility index (Phi) is 6.11. The van der Waals surface area contributed by atoms with Crippen molar-refractivity contribution in [2.75, 3.05) is 0 Å². The van der Waals surface area contributed by atoms with Crippen LogP contribution in [0.4, 0.5) is 0 Å². The molecule has 0 aliphatic carbocycles. The summed E-state index contributed by atoms with van der Waals surface area (Å²) < 4.78 is 6.94. The first-order valence-electron chi connectivity index (χ1n) is 6.86. The molecule has 1 aliphatic rings. The van der Waals surface area contributed by atoms with Crippen LogP contribution in [0.3, 0.4) is 0 Å². The first-order chi connectivity index (χ1) is 7.99. The summed E-state index contributed by atoms with van der Waals surface area (Å²) in [6, 6.07) is 1.61. The molecule has 1 heterocycles. The monoisotopic (exact) mass is 232 g/mol. The summed E-state index contributed by atoms with van der Waals surface area (Å²) in [4.78, 5) is 0. The Balaban J connectivity index is 2.68. The van der Waals surface area contributed by atoms with E-state index >= 15 is 0 Å². The van der Waals surface area contributed by atoms with Crippen LogP contribution in [0, 0.1) is 0 Å². The van der Waals surface area contributed by atoms with Gasteiger partial charge < -0.3 is 14.2 Å². The molecule has 0 aromatic carbocycles. The molecule has 0 saturated carbocycles. The van der Waals surface area contributed by atoms with E-state index in [9.17, 15) is 0 Å². The molecule has 1 rings (SSSR count). The summed E-state index contributed by atoms with van der Waals surface area (Å²) in [6.45, 7) is 13.5. The second kappa shape index (κ2) is 6.86. The molecule has 2 unspecified atom stereocenters. The minimum atomic E-state index is 0.502. The third-order valence-corrected chi connectivity index (χ3v) is 3.60. The molecule has 3 nitrogen and oxygen atoms in total. The maximum absolute atomic E-state index is 2.33. The standard InChI is InChI=1S/C11H25B3N3/c1-7-10(5)16-12-15(9(3)4)13-17(14-16)11(6)8-2/h9-11H,7-8H2,1-6H3. The van der Waals surface area contributed by atoms with Gasteiger partial charge in [-0.15, -0.1) is 0 Å². The minimum absolute atomic E-state index is 0.502. The maximum Gasteiger partial charge on any atom is 0.290 e. The van der Waals surface area contributed by atoms with Gasteiger partial charge in [0, 0.05) is 0 Å². The second-order valence-electron chi connectivity index (χ2n) is 5.30. The van der Waals surface area contributed by atoms with Crippen LogP contribution in [-0.2, 0) is 0 Å². The summed E-state index contributed by atoms with van der Waals surface area (Å²) in [6.07, 6.45) is 2.32. The number of rotatable bonds is 5. The predicted molar refractivity (Wildman–Crippen MR) is 77.4 cm³/mol. The highest BCUT2D eigenvalue weighted by Crippen LogP contribution is 2.13. The van der Waals surface area contributed by atoms with Crippen LogP contribution < -0.4 is 0 Å². The normalized spacial score (nSPS) is 22.8. The molecule has 1 aliphatic heterocycles. The van der Waals surface area contributed by atoms with E-state index < -0.39 is 0 Å². The Morgan fingerprint density at radius 1 is 0.706 bits per heavy atom. The van der Waals surface area contributed by atoms with Gasteiger partial charge >= 0.3 is 0 Å². The highest BCUT2D eigenvalue weighted by Gasteiger charge is 2.33. The van der Waals surface area contributed by atoms with E-state index in [1.54, 1.807) is 0 Å². The molecular weight excluding hydrogens is 207 g/mol. The van der Waals surface area contributed by atoms with Crippen molar-refractivity contribution in [1.29, 1.82) is 0 Å². The van der Waals surface area contributed by atoms with Gasteiger partial charge in [0.25, 0.3) is 22.6 Å². The molecule has 0 N–H and O–H groups in total. The molecular formula is C11H25B3N3. The summed E-state index contributed by atoms with van der Waals surface area (Å²) in [7, 11) is 6.68. The highest BCUT2D eigenvalue weighted by atomic mass is 15.3. The largest absolute Gasteiger partial charge is 0.363 e. The molecule has 0 aromatic rings. The molecule has 1 saturated heterocycles. The first-order valence-corrected chi connectivity index (χ1v) is 6.86. The fourth-order valence-corrected chi connectivity index (χ4v) is 1.69. The van der Waals surface area contributed by atoms with E-state index in [1.165, 1.54) is 0 Å². The van der Waals surface area contributed by atoms with Crippen LogP contribution in [0.2, 0.25) is 0 Å². The quantitative estimate of drug-likeness (QED) is 0.665. The molecule has 0 spiro atoms. The minimum Gasteiger partial charge on any atom is -0.363 e. The Morgan fingerprint density at radius 3 is 1.35 bits per heavy atom. The topological polar surface area (TPSA) is 9.72 Å². The van der Waals surface area contributed by atoms with E-state index in [2.05, 4.69) is 78.4 Å². The van der Waals surface area contributed by atoms with Crippen molar-refractivity contribution >= 4 is 22.6 Å². The maximum atomic E-state index is 2.33. The van der Waals surface area contributed by atoms with E-state index in [0.717, 1.165) is 12.8 Å². The summed E-state index contributed by atoms with van der Waals surface area (Å²) >= 11 is 0. The van der Waals surface area contributed by atoms with E-state index in [0.29, 0.717) is 18.1 Å². The zero-order chi connectivity index (χ0) is 13.0. The fraction of sp³-hybridized carbons (Fsp3) is 1.00. The van der Waals surface area contributed by atoms with E-state index in [4.69, 9.17) is 0 Å². The van der Waals surface area contributed by atoms with Gasteiger partial charge in [-0.3, -0.25) is 0 Å². The lowest BCUT2D eigenvalue weighted by molar-refractivity contribution is 0.359. The van der Waals surface area contributed by atoms with Crippen molar-refractivity contribution in [3.63, 3.8) is 0 Å². The molecule has 2 atom stereocenters. The third-order valence-electron chi connectivity index (χ3n) is 3.60. The Labute approximate surface area is 110 Å². The van der Waals surface area contributed by atoms with Gasteiger partial charge in [0.1, 0.15) is 0 Å². The van der Waals surface area contributed by atoms with Crippen LogP contribution in [0.15, 0.2) is 0 Å². The average Bonchev–Trinajstić information content (AvgIpc) is 2.36. The first kappa shape index (κ1) is 15.1. The Hall–Kier alpha value is 0.0748. The summed E-state index contributed by atoms with van der Waals surface area (Å²) in [5.41, 5.74) is 0. The summed E-state index contributed by atoms with van der Waals surface area (Å²) in [5.74, 6) is 0. The van der Waals surface area contributed by atoms with E-state index in [-0.39, 0.29) is 0 Å². The van der Waals surface area contributed by atoms with Crippen LogP contribution in [0.5, 0.6) is 0 Å². The van der Waals surface area contributed by atoms with Gasteiger partial charge in [0.05, 0.1) is 0 Å². The zero-order valence-electron chi connectivity index (χ0n) is 12.2. The van der Waals surface area contributed by atoms with Crippen molar-refractivity contribution < 1.29 is 0 Å². The molecule has 93 valence electrons. The molecule has 3 radical (unpaired) electrons. The number of hydrogen-bond acceptors (Lipinski definition) is 3. The van der Waals surface area contributed by atoms with Gasteiger partial charge in [-0.1, -0.05) is 41.5 Å². The number of nitrogens with zero attached hydrogens (tertiary/aromatic N) is 3.